The Morgan fingerprint density at radius 1 is 0.758 bits per heavy atom. The van der Waals surface area contributed by atoms with Gasteiger partial charge in [0.2, 0.25) is 5.75 Å². The molecular weight excluding hydrogens is 420 g/mol. The van der Waals surface area contributed by atoms with Crippen molar-refractivity contribution in [1.82, 2.24) is 0 Å². The standard InChI is InChI=1S/C26H26N2O5/c1-16-5-9-19(10-6-16)27-25(30)21(26(31)28-20-11-7-17(2)8-12-20)13-18-14-22(32-3)24(29)23(15-18)33-4/h5-15,29H,1-4H3,(H,27,30)(H,28,31). The Kier molecular flexibility index (Phi) is 7.35. The number of hydrogen-bond donors (Lipinski definition) is 3. The molecule has 7 heteroatoms. The van der Waals surface area contributed by atoms with Crippen LogP contribution in [0.25, 0.3) is 6.08 Å². The van der Waals surface area contributed by atoms with E-state index in [1.165, 1.54) is 32.4 Å². The SMILES string of the molecule is COc1cc(C=C(C(=O)Nc2ccc(C)cc2)C(=O)Nc2ccc(C)cc2)cc(OC)c1O. The van der Waals surface area contributed by atoms with E-state index in [4.69, 9.17) is 9.47 Å². The Balaban J connectivity index is 2.00. The highest BCUT2D eigenvalue weighted by Crippen LogP contribution is 2.37. The molecule has 0 heterocycles. The van der Waals surface area contributed by atoms with Crippen molar-refractivity contribution in [3.05, 3.63) is 82.9 Å². The van der Waals surface area contributed by atoms with E-state index in [0.717, 1.165) is 11.1 Å². The summed E-state index contributed by atoms with van der Waals surface area (Å²) >= 11 is 0. The molecule has 3 rings (SSSR count). The molecule has 0 spiro atoms. The van der Waals surface area contributed by atoms with Crippen molar-refractivity contribution >= 4 is 29.3 Å². The number of benzene rings is 3. The molecule has 0 aliphatic rings. The van der Waals surface area contributed by atoms with Gasteiger partial charge in [0.25, 0.3) is 11.8 Å². The lowest BCUT2D eigenvalue weighted by Gasteiger charge is -2.13. The Morgan fingerprint density at radius 2 is 1.15 bits per heavy atom. The monoisotopic (exact) mass is 446 g/mol. The third-order valence-electron chi connectivity index (χ3n) is 4.92. The van der Waals surface area contributed by atoms with Gasteiger partial charge in [0.1, 0.15) is 5.57 Å². The Labute approximate surface area is 192 Å². The van der Waals surface area contributed by atoms with Gasteiger partial charge in [-0.15, -0.1) is 0 Å². The lowest BCUT2D eigenvalue weighted by Crippen LogP contribution is -2.25. The Hall–Kier alpha value is -4.26. The quantitative estimate of drug-likeness (QED) is 0.278. The van der Waals surface area contributed by atoms with E-state index in [9.17, 15) is 14.7 Å². The first-order valence-corrected chi connectivity index (χ1v) is 10.2. The van der Waals surface area contributed by atoms with Gasteiger partial charge in [-0.05, 0) is 61.9 Å². The van der Waals surface area contributed by atoms with Crippen LogP contribution in [0.4, 0.5) is 11.4 Å². The smallest absolute Gasteiger partial charge is 0.261 e. The number of aryl methyl sites for hydroxylation is 2. The molecule has 0 aliphatic heterocycles. The van der Waals surface area contributed by atoms with Crippen molar-refractivity contribution in [3.8, 4) is 17.2 Å². The summed E-state index contributed by atoms with van der Waals surface area (Å²) in [6, 6.07) is 17.5. The van der Waals surface area contributed by atoms with Crippen molar-refractivity contribution < 1.29 is 24.2 Å². The van der Waals surface area contributed by atoms with Crippen LogP contribution in [-0.4, -0.2) is 31.1 Å². The molecule has 3 aromatic carbocycles. The average Bonchev–Trinajstić information content (AvgIpc) is 2.81. The number of ether oxygens (including phenoxy) is 2. The molecule has 0 aromatic heterocycles. The predicted octanol–water partition coefficient (Wildman–Crippen LogP) is 4.69. The fraction of sp³-hybridized carbons (Fsp3) is 0.154. The average molecular weight is 447 g/mol. The molecule has 170 valence electrons. The predicted molar refractivity (Wildman–Crippen MR) is 129 cm³/mol. The first kappa shape index (κ1) is 23.4. The number of amides is 2. The van der Waals surface area contributed by atoms with E-state index in [1.54, 1.807) is 24.3 Å². The van der Waals surface area contributed by atoms with Crippen LogP contribution in [0.2, 0.25) is 0 Å². The number of rotatable bonds is 7. The van der Waals surface area contributed by atoms with Gasteiger partial charge < -0.3 is 25.2 Å². The lowest BCUT2D eigenvalue weighted by atomic mass is 10.1. The van der Waals surface area contributed by atoms with Crippen molar-refractivity contribution in [2.45, 2.75) is 13.8 Å². The second kappa shape index (κ2) is 10.4. The summed E-state index contributed by atoms with van der Waals surface area (Å²) in [4.78, 5) is 26.2. The second-order valence-electron chi connectivity index (χ2n) is 7.47. The molecule has 0 unspecified atom stereocenters. The minimum Gasteiger partial charge on any atom is -0.502 e. The number of phenolic OH excluding ortho intramolecular Hbond substituents is 1. The number of nitrogens with one attached hydrogen (secondary N) is 2. The van der Waals surface area contributed by atoms with Crippen molar-refractivity contribution in [2.24, 2.45) is 0 Å². The largest absolute Gasteiger partial charge is 0.502 e. The number of hydrogen-bond acceptors (Lipinski definition) is 5. The van der Waals surface area contributed by atoms with Crippen LogP contribution in [-0.2, 0) is 9.59 Å². The number of aromatic hydroxyl groups is 1. The van der Waals surface area contributed by atoms with E-state index in [0.29, 0.717) is 16.9 Å². The normalized spacial score (nSPS) is 10.2. The highest BCUT2D eigenvalue weighted by Gasteiger charge is 2.20. The maximum absolute atomic E-state index is 13.1. The van der Waals surface area contributed by atoms with Crippen molar-refractivity contribution in [1.29, 1.82) is 0 Å². The molecule has 3 N–H and O–H groups in total. The second-order valence-corrected chi connectivity index (χ2v) is 7.47. The first-order chi connectivity index (χ1) is 15.8. The third-order valence-corrected chi connectivity index (χ3v) is 4.92. The van der Waals surface area contributed by atoms with Gasteiger partial charge in [0.05, 0.1) is 14.2 Å². The minimum atomic E-state index is -0.588. The number of anilines is 2. The zero-order valence-electron chi connectivity index (χ0n) is 18.9. The van der Waals surface area contributed by atoms with Gasteiger partial charge in [-0.3, -0.25) is 9.59 Å². The molecule has 0 aliphatic carbocycles. The fourth-order valence-corrected chi connectivity index (χ4v) is 3.07. The van der Waals surface area contributed by atoms with Crippen LogP contribution in [0, 0.1) is 13.8 Å². The molecule has 0 atom stereocenters. The lowest BCUT2D eigenvalue weighted by molar-refractivity contribution is -0.118. The maximum atomic E-state index is 13.1. The van der Waals surface area contributed by atoms with Crippen LogP contribution in [0.3, 0.4) is 0 Å². The zero-order chi connectivity index (χ0) is 24.0. The van der Waals surface area contributed by atoms with Crippen LogP contribution < -0.4 is 20.1 Å². The summed E-state index contributed by atoms with van der Waals surface area (Å²) < 4.78 is 10.4. The molecule has 0 saturated carbocycles. The van der Waals surface area contributed by atoms with Crippen LogP contribution in [0.5, 0.6) is 17.2 Å². The number of carbonyl (C=O) groups excluding carboxylic acids is 2. The van der Waals surface area contributed by atoms with Crippen molar-refractivity contribution in [2.75, 3.05) is 24.9 Å². The van der Waals surface area contributed by atoms with Crippen LogP contribution >= 0.6 is 0 Å². The summed E-state index contributed by atoms with van der Waals surface area (Å²) in [6.07, 6.45) is 1.41. The third kappa shape index (κ3) is 5.92. The number of phenols is 1. The highest BCUT2D eigenvalue weighted by atomic mass is 16.5. The van der Waals surface area contributed by atoms with E-state index in [-0.39, 0.29) is 22.8 Å². The molecule has 0 fully saturated rings. The van der Waals surface area contributed by atoms with Crippen molar-refractivity contribution in [3.63, 3.8) is 0 Å². The van der Waals surface area contributed by atoms with Crippen LogP contribution in [0.1, 0.15) is 16.7 Å². The summed E-state index contributed by atoms with van der Waals surface area (Å²) in [5.74, 6) is -1.05. The zero-order valence-corrected chi connectivity index (χ0v) is 18.9. The van der Waals surface area contributed by atoms with E-state index < -0.39 is 11.8 Å². The maximum Gasteiger partial charge on any atom is 0.261 e. The summed E-state index contributed by atoms with van der Waals surface area (Å²) in [5.41, 5.74) is 3.51. The number of methoxy groups -OCH3 is 2. The molecule has 0 saturated heterocycles. The summed E-state index contributed by atoms with van der Waals surface area (Å²) in [6.45, 7) is 3.88. The summed E-state index contributed by atoms with van der Waals surface area (Å²) in [5, 5.41) is 15.7. The number of carbonyl (C=O) groups is 2. The highest BCUT2D eigenvalue weighted by molar-refractivity contribution is 6.28. The van der Waals surface area contributed by atoms with Crippen LogP contribution in [0.15, 0.2) is 66.2 Å². The summed E-state index contributed by atoms with van der Waals surface area (Å²) in [7, 11) is 2.80. The molecular formula is C26H26N2O5. The van der Waals surface area contributed by atoms with Gasteiger partial charge in [-0.1, -0.05) is 35.4 Å². The Morgan fingerprint density at radius 3 is 1.52 bits per heavy atom. The molecule has 2 amide bonds. The molecule has 0 bridgehead atoms. The van der Waals surface area contributed by atoms with Gasteiger partial charge >= 0.3 is 0 Å². The van der Waals surface area contributed by atoms with Gasteiger partial charge in [0.15, 0.2) is 11.5 Å². The van der Waals surface area contributed by atoms with E-state index in [2.05, 4.69) is 10.6 Å². The molecule has 33 heavy (non-hydrogen) atoms. The van der Waals surface area contributed by atoms with Gasteiger partial charge in [-0.25, -0.2) is 0 Å². The molecule has 3 aromatic rings. The van der Waals surface area contributed by atoms with E-state index >= 15 is 0 Å². The minimum absolute atomic E-state index is 0.133. The molecule has 7 nitrogen and oxygen atoms in total. The van der Waals surface area contributed by atoms with Gasteiger partial charge in [-0.2, -0.15) is 0 Å². The van der Waals surface area contributed by atoms with Gasteiger partial charge in [0, 0.05) is 11.4 Å². The van der Waals surface area contributed by atoms with E-state index in [1.807, 2.05) is 38.1 Å². The topological polar surface area (TPSA) is 96.9 Å². The first-order valence-electron chi connectivity index (χ1n) is 10.2. The molecule has 0 radical (unpaired) electrons. The fourth-order valence-electron chi connectivity index (χ4n) is 3.07. The Bertz CT molecular complexity index is 1100.